The van der Waals surface area contributed by atoms with Crippen LogP contribution in [0.3, 0.4) is 0 Å². The molecular weight excluding hydrogens is 487 g/mol. The summed E-state index contributed by atoms with van der Waals surface area (Å²) < 4.78 is 0. The SMILES string of the molecule is CCC(C)NC(=O)C(CC)N(Cc1c(Cl)cccc1Cl)C(=O)CSCc1cccc(Cl)c1. The first kappa shape index (κ1) is 26.8. The second kappa shape index (κ2) is 13.3. The smallest absolute Gasteiger partial charge is 0.243 e. The van der Waals surface area contributed by atoms with Gasteiger partial charge in [0.15, 0.2) is 0 Å². The van der Waals surface area contributed by atoms with Crippen LogP contribution in [0.5, 0.6) is 0 Å². The lowest BCUT2D eigenvalue weighted by Gasteiger charge is -2.32. The third-order valence-corrected chi connectivity index (χ3v) is 7.09. The molecule has 0 heterocycles. The van der Waals surface area contributed by atoms with E-state index in [9.17, 15) is 9.59 Å². The van der Waals surface area contributed by atoms with Crippen molar-refractivity contribution in [1.29, 1.82) is 0 Å². The molecule has 0 saturated carbocycles. The van der Waals surface area contributed by atoms with Gasteiger partial charge < -0.3 is 10.2 Å². The highest BCUT2D eigenvalue weighted by Crippen LogP contribution is 2.27. The summed E-state index contributed by atoms with van der Waals surface area (Å²) in [6, 6.07) is 12.2. The predicted octanol–water partition coefficient (Wildman–Crippen LogP) is 6.60. The fourth-order valence-electron chi connectivity index (χ4n) is 3.18. The highest BCUT2D eigenvalue weighted by molar-refractivity contribution is 7.99. The minimum atomic E-state index is -0.615. The van der Waals surface area contributed by atoms with Crippen molar-refractivity contribution in [3.05, 3.63) is 68.7 Å². The average molecular weight is 516 g/mol. The molecule has 8 heteroatoms. The molecule has 2 rings (SSSR count). The monoisotopic (exact) mass is 514 g/mol. The molecule has 0 aliphatic heterocycles. The van der Waals surface area contributed by atoms with Crippen molar-refractivity contribution in [1.82, 2.24) is 10.2 Å². The maximum Gasteiger partial charge on any atom is 0.243 e. The van der Waals surface area contributed by atoms with E-state index in [1.165, 1.54) is 11.8 Å². The number of rotatable bonds is 11. The Morgan fingerprint density at radius 3 is 2.28 bits per heavy atom. The summed E-state index contributed by atoms with van der Waals surface area (Å²) in [5, 5.41) is 4.61. The van der Waals surface area contributed by atoms with Crippen molar-refractivity contribution in [2.24, 2.45) is 0 Å². The molecule has 0 fully saturated rings. The van der Waals surface area contributed by atoms with Gasteiger partial charge in [0, 0.05) is 39.0 Å². The van der Waals surface area contributed by atoms with E-state index in [1.807, 2.05) is 45.0 Å². The van der Waals surface area contributed by atoms with E-state index in [0.29, 0.717) is 32.8 Å². The Balaban J connectivity index is 2.21. The Kier molecular flexibility index (Phi) is 11.2. The largest absolute Gasteiger partial charge is 0.352 e. The Morgan fingerprint density at radius 1 is 1.03 bits per heavy atom. The Labute approximate surface area is 210 Å². The molecule has 1 N–H and O–H groups in total. The molecule has 0 aliphatic rings. The molecule has 0 bridgehead atoms. The molecule has 0 aliphatic carbocycles. The number of carbonyl (C=O) groups is 2. The van der Waals surface area contributed by atoms with Crippen LogP contribution in [0.15, 0.2) is 42.5 Å². The zero-order valence-electron chi connectivity index (χ0n) is 18.5. The molecule has 0 aromatic heterocycles. The number of nitrogens with zero attached hydrogens (tertiary/aromatic N) is 1. The molecule has 2 amide bonds. The van der Waals surface area contributed by atoms with Gasteiger partial charge in [0.2, 0.25) is 11.8 Å². The first-order chi connectivity index (χ1) is 15.3. The van der Waals surface area contributed by atoms with E-state index in [2.05, 4.69) is 5.32 Å². The molecular formula is C24H29Cl3N2O2S. The van der Waals surface area contributed by atoms with Crippen molar-refractivity contribution in [2.75, 3.05) is 5.75 Å². The van der Waals surface area contributed by atoms with Crippen molar-refractivity contribution < 1.29 is 9.59 Å². The van der Waals surface area contributed by atoms with Gasteiger partial charge in [-0.2, -0.15) is 0 Å². The minimum absolute atomic E-state index is 0.0228. The van der Waals surface area contributed by atoms with Gasteiger partial charge >= 0.3 is 0 Å². The number of halogens is 3. The van der Waals surface area contributed by atoms with Crippen molar-refractivity contribution in [3.63, 3.8) is 0 Å². The number of amides is 2. The summed E-state index contributed by atoms with van der Waals surface area (Å²) in [6.07, 6.45) is 1.29. The molecule has 174 valence electrons. The van der Waals surface area contributed by atoms with Crippen LogP contribution in [0.1, 0.15) is 44.7 Å². The molecule has 2 atom stereocenters. The molecule has 0 spiro atoms. The lowest BCUT2D eigenvalue weighted by Crippen LogP contribution is -2.51. The van der Waals surface area contributed by atoms with Crippen LogP contribution in [-0.4, -0.2) is 34.6 Å². The number of hydrogen-bond acceptors (Lipinski definition) is 3. The van der Waals surface area contributed by atoms with E-state index in [-0.39, 0.29) is 30.2 Å². The van der Waals surface area contributed by atoms with Crippen LogP contribution >= 0.6 is 46.6 Å². The van der Waals surface area contributed by atoms with Crippen molar-refractivity contribution in [2.45, 2.75) is 58.0 Å². The topological polar surface area (TPSA) is 49.4 Å². The number of thioether (sulfide) groups is 1. The van der Waals surface area contributed by atoms with Gasteiger partial charge in [-0.25, -0.2) is 0 Å². The Morgan fingerprint density at radius 2 is 1.69 bits per heavy atom. The molecule has 2 aromatic rings. The normalized spacial score (nSPS) is 12.8. The summed E-state index contributed by atoms with van der Waals surface area (Å²) in [4.78, 5) is 27.9. The fourth-order valence-corrected chi connectivity index (χ4v) is 4.77. The minimum Gasteiger partial charge on any atom is -0.352 e. The molecule has 0 saturated heterocycles. The van der Waals surface area contributed by atoms with E-state index < -0.39 is 6.04 Å². The standard InChI is InChI=1S/C24H29Cl3N2O2S/c1-4-16(3)28-24(31)22(5-2)29(13-19-20(26)10-7-11-21(19)27)23(30)15-32-14-17-8-6-9-18(25)12-17/h6-12,16,22H,4-5,13-15H2,1-3H3,(H,28,31). The Bertz CT molecular complexity index is 906. The van der Waals surface area contributed by atoms with Crippen molar-refractivity contribution in [3.8, 4) is 0 Å². The summed E-state index contributed by atoms with van der Waals surface area (Å²) in [5.41, 5.74) is 1.68. The highest BCUT2D eigenvalue weighted by atomic mass is 35.5. The van der Waals surface area contributed by atoms with Gasteiger partial charge in [-0.15, -0.1) is 11.8 Å². The van der Waals surface area contributed by atoms with Gasteiger partial charge in [-0.3, -0.25) is 9.59 Å². The maximum atomic E-state index is 13.3. The zero-order valence-corrected chi connectivity index (χ0v) is 21.6. The summed E-state index contributed by atoms with van der Waals surface area (Å²) in [7, 11) is 0. The quantitative estimate of drug-likeness (QED) is 0.367. The highest BCUT2D eigenvalue weighted by Gasteiger charge is 2.30. The third-order valence-electron chi connectivity index (χ3n) is 5.16. The van der Waals surface area contributed by atoms with E-state index in [4.69, 9.17) is 34.8 Å². The van der Waals surface area contributed by atoms with Crippen molar-refractivity contribution >= 4 is 58.4 Å². The van der Waals surface area contributed by atoms with Gasteiger partial charge in [0.1, 0.15) is 6.04 Å². The lowest BCUT2D eigenvalue weighted by atomic mass is 10.1. The van der Waals surface area contributed by atoms with E-state index >= 15 is 0 Å². The van der Waals surface area contributed by atoms with Crippen LogP contribution in [-0.2, 0) is 21.9 Å². The first-order valence-electron chi connectivity index (χ1n) is 10.6. The van der Waals surface area contributed by atoms with Crippen LogP contribution in [0.2, 0.25) is 15.1 Å². The van der Waals surface area contributed by atoms with E-state index in [1.54, 1.807) is 23.1 Å². The number of carbonyl (C=O) groups excluding carboxylic acids is 2. The molecule has 32 heavy (non-hydrogen) atoms. The average Bonchev–Trinajstić information content (AvgIpc) is 2.75. The fraction of sp³-hybridized carbons (Fsp3) is 0.417. The molecule has 2 aromatic carbocycles. The lowest BCUT2D eigenvalue weighted by molar-refractivity contribution is -0.139. The second-order valence-electron chi connectivity index (χ2n) is 7.59. The summed E-state index contributed by atoms with van der Waals surface area (Å²) in [5.74, 6) is 0.558. The number of hydrogen-bond donors (Lipinski definition) is 1. The summed E-state index contributed by atoms with van der Waals surface area (Å²) in [6.45, 7) is 6.02. The second-order valence-corrected chi connectivity index (χ2v) is 9.82. The van der Waals surface area contributed by atoms with Gasteiger partial charge in [-0.05, 0) is 49.6 Å². The maximum absolute atomic E-state index is 13.3. The molecule has 0 radical (unpaired) electrons. The molecule has 4 nitrogen and oxygen atoms in total. The van der Waals surface area contributed by atoms with Crippen LogP contribution < -0.4 is 5.32 Å². The summed E-state index contributed by atoms with van der Waals surface area (Å²) >= 11 is 20.3. The number of benzene rings is 2. The van der Waals surface area contributed by atoms with Crippen LogP contribution in [0, 0.1) is 0 Å². The van der Waals surface area contributed by atoms with Crippen LogP contribution in [0.4, 0.5) is 0 Å². The first-order valence-corrected chi connectivity index (χ1v) is 12.9. The zero-order chi connectivity index (χ0) is 23.7. The van der Waals surface area contributed by atoms with Gasteiger partial charge in [0.05, 0.1) is 5.75 Å². The van der Waals surface area contributed by atoms with E-state index in [0.717, 1.165) is 12.0 Å². The third kappa shape index (κ3) is 7.87. The van der Waals surface area contributed by atoms with Gasteiger partial charge in [0.25, 0.3) is 0 Å². The number of nitrogens with one attached hydrogen (secondary N) is 1. The van der Waals surface area contributed by atoms with Gasteiger partial charge in [-0.1, -0.05) is 66.8 Å². The Hall–Kier alpha value is -1.40. The van der Waals surface area contributed by atoms with Crippen LogP contribution in [0.25, 0.3) is 0 Å². The molecule has 2 unspecified atom stereocenters. The predicted molar refractivity (Wildman–Crippen MR) is 137 cm³/mol.